The Morgan fingerprint density at radius 2 is 1.30 bits per heavy atom. The molecule has 0 aliphatic carbocycles. The molecule has 1 amide bonds. The van der Waals surface area contributed by atoms with Crippen LogP contribution in [-0.4, -0.2) is 43.1 Å². The largest absolute Gasteiger partial charge is 1.00 e. The smallest absolute Gasteiger partial charge is 0.748 e. The number of unbranched alkanes of at least 4 members (excludes halogenated alkanes) is 12. The molecule has 0 bridgehead atoms. The zero-order valence-electron chi connectivity index (χ0n) is 19.9. The maximum absolute atomic E-state index is 12.0. The zero-order valence-corrected chi connectivity index (χ0v) is 22.7. The molecule has 0 aromatic carbocycles. The first-order valence-corrected chi connectivity index (χ1v) is 13.3. The summed E-state index contributed by atoms with van der Waals surface area (Å²) in [6.07, 6.45) is 22.2. The first kappa shape index (κ1) is 32.3. The van der Waals surface area contributed by atoms with Crippen molar-refractivity contribution >= 4 is 16.0 Å². The van der Waals surface area contributed by atoms with Gasteiger partial charge in [-0.1, -0.05) is 70.4 Å². The van der Waals surface area contributed by atoms with Crippen LogP contribution in [0.25, 0.3) is 0 Å². The molecule has 0 N–H and O–H groups in total. The predicted molar refractivity (Wildman–Crippen MR) is 121 cm³/mol. The van der Waals surface area contributed by atoms with Crippen LogP contribution < -0.4 is 29.6 Å². The van der Waals surface area contributed by atoms with Crippen molar-refractivity contribution in [1.82, 2.24) is 4.90 Å². The molecular weight excluding hydrogens is 409 g/mol. The number of hydrogen-bond acceptors (Lipinski definition) is 4. The standard InChI is InChI=1S/C23H45NO4S.Na/c1-3-4-5-6-7-8-9-10-11-12-13-14-15-16-17-20-23(25)24(2)21-18-19-22-29(26,27)28;/h10-11H,3-9,12-22H2,1-2H3,(H,26,27,28);/q;+1/p-1/b11-10+;. The van der Waals surface area contributed by atoms with Crippen molar-refractivity contribution in [2.24, 2.45) is 0 Å². The van der Waals surface area contributed by atoms with Gasteiger partial charge in [0, 0.05) is 25.8 Å². The summed E-state index contributed by atoms with van der Waals surface area (Å²) in [6, 6.07) is 0. The molecule has 0 spiro atoms. The summed E-state index contributed by atoms with van der Waals surface area (Å²) in [6.45, 7) is 2.77. The third-order valence-electron chi connectivity index (χ3n) is 5.22. The minimum absolute atomic E-state index is 0. The van der Waals surface area contributed by atoms with Crippen LogP contribution in [0.1, 0.15) is 110 Å². The van der Waals surface area contributed by atoms with Crippen LogP contribution in [0.4, 0.5) is 0 Å². The first-order valence-electron chi connectivity index (χ1n) is 11.7. The molecule has 30 heavy (non-hydrogen) atoms. The SMILES string of the molecule is CCCCCCCC/C=C/CCCCCCCC(=O)N(C)CCCCS(=O)(=O)[O-].[Na+]. The third-order valence-corrected chi connectivity index (χ3v) is 6.00. The quantitative estimate of drug-likeness (QED) is 0.123. The third kappa shape index (κ3) is 24.4. The van der Waals surface area contributed by atoms with Crippen LogP contribution in [0.3, 0.4) is 0 Å². The van der Waals surface area contributed by atoms with Gasteiger partial charge in [-0.3, -0.25) is 4.79 Å². The van der Waals surface area contributed by atoms with E-state index in [0.29, 0.717) is 25.8 Å². The fraction of sp³-hybridized carbons (Fsp3) is 0.870. The Morgan fingerprint density at radius 3 is 1.83 bits per heavy atom. The van der Waals surface area contributed by atoms with Gasteiger partial charge >= 0.3 is 29.6 Å². The van der Waals surface area contributed by atoms with E-state index in [1.165, 1.54) is 64.2 Å². The second kappa shape index (κ2) is 22.3. The number of nitrogens with zero attached hydrogens (tertiary/aromatic N) is 1. The molecule has 0 heterocycles. The second-order valence-electron chi connectivity index (χ2n) is 8.12. The normalized spacial score (nSPS) is 11.6. The molecule has 0 rings (SSSR count). The Bertz CT molecular complexity index is 523. The van der Waals surface area contributed by atoms with E-state index in [2.05, 4.69) is 19.1 Å². The van der Waals surface area contributed by atoms with Gasteiger partial charge < -0.3 is 9.45 Å². The van der Waals surface area contributed by atoms with Gasteiger partial charge in [-0.25, -0.2) is 8.42 Å². The summed E-state index contributed by atoms with van der Waals surface area (Å²) >= 11 is 0. The van der Waals surface area contributed by atoms with E-state index in [1.807, 2.05) is 0 Å². The van der Waals surface area contributed by atoms with Crippen molar-refractivity contribution in [1.29, 1.82) is 0 Å². The van der Waals surface area contributed by atoms with Crippen molar-refractivity contribution < 1.29 is 47.3 Å². The molecule has 0 aromatic rings. The molecule has 0 radical (unpaired) electrons. The molecule has 172 valence electrons. The monoisotopic (exact) mass is 453 g/mol. The van der Waals surface area contributed by atoms with Gasteiger partial charge in [-0.15, -0.1) is 0 Å². The van der Waals surface area contributed by atoms with E-state index < -0.39 is 10.1 Å². The van der Waals surface area contributed by atoms with Gasteiger partial charge in [-0.2, -0.15) is 0 Å². The number of amides is 1. The molecule has 0 aromatic heterocycles. The Hall–Kier alpha value is 0.120. The average Bonchev–Trinajstić information content (AvgIpc) is 2.67. The molecular formula is C23H44NNaO4S. The summed E-state index contributed by atoms with van der Waals surface area (Å²) in [7, 11) is -2.40. The molecule has 0 saturated heterocycles. The van der Waals surface area contributed by atoms with E-state index in [1.54, 1.807) is 11.9 Å². The van der Waals surface area contributed by atoms with Crippen molar-refractivity contribution in [3.8, 4) is 0 Å². The van der Waals surface area contributed by atoms with Crippen LogP contribution in [0.2, 0.25) is 0 Å². The van der Waals surface area contributed by atoms with Crippen LogP contribution >= 0.6 is 0 Å². The van der Waals surface area contributed by atoms with E-state index in [9.17, 15) is 17.8 Å². The van der Waals surface area contributed by atoms with Crippen molar-refractivity contribution in [3.05, 3.63) is 12.2 Å². The maximum atomic E-state index is 12.0. The van der Waals surface area contributed by atoms with Crippen molar-refractivity contribution in [2.75, 3.05) is 19.3 Å². The van der Waals surface area contributed by atoms with E-state index >= 15 is 0 Å². The minimum atomic E-state index is -4.14. The van der Waals surface area contributed by atoms with Crippen molar-refractivity contribution in [3.63, 3.8) is 0 Å². The van der Waals surface area contributed by atoms with E-state index in [0.717, 1.165) is 19.3 Å². The van der Waals surface area contributed by atoms with Gasteiger partial charge in [-0.05, 0) is 44.9 Å². The Balaban J connectivity index is 0. The van der Waals surface area contributed by atoms with Gasteiger partial charge in [0.1, 0.15) is 0 Å². The van der Waals surface area contributed by atoms with E-state index in [-0.39, 0.29) is 41.2 Å². The number of allylic oxidation sites excluding steroid dienone is 2. The summed E-state index contributed by atoms with van der Waals surface area (Å²) in [5.74, 6) is -0.240. The summed E-state index contributed by atoms with van der Waals surface area (Å²) in [5.41, 5.74) is 0. The maximum Gasteiger partial charge on any atom is 1.00 e. The molecule has 7 heteroatoms. The number of carbonyl (C=O) groups is 1. The first-order chi connectivity index (χ1) is 13.9. The topological polar surface area (TPSA) is 77.5 Å². The van der Waals surface area contributed by atoms with Gasteiger partial charge in [0.25, 0.3) is 0 Å². The Kier molecular flexibility index (Phi) is 24.0. The number of carbonyl (C=O) groups excluding carboxylic acids is 1. The van der Waals surface area contributed by atoms with Gasteiger partial charge in [0.2, 0.25) is 5.91 Å². The molecule has 0 saturated carbocycles. The molecule has 0 aliphatic rings. The fourth-order valence-electron chi connectivity index (χ4n) is 3.29. The molecule has 5 nitrogen and oxygen atoms in total. The summed E-state index contributed by atoms with van der Waals surface area (Å²) in [4.78, 5) is 13.6. The van der Waals surface area contributed by atoms with E-state index in [4.69, 9.17) is 0 Å². The van der Waals surface area contributed by atoms with Crippen LogP contribution in [0.15, 0.2) is 12.2 Å². The summed E-state index contributed by atoms with van der Waals surface area (Å²) < 4.78 is 31.6. The summed E-state index contributed by atoms with van der Waals surface area (Å²) in [5, 5.41) is 0. The molecule has 0 aliphatic heterocycles. The average molecular weight is 454 g/mol. The Labute approximate surface area is 208 Å². The van der Waals surface area contributed by atoms with Crippen molar-refractivity contribution in [2.45, 2.75) is 110 Å². The van der Waals surface area contributed by atoms with Crippen LogP contribution in [0.5, 0.6) is 0 Å². The molecule has 0 atom stereocenters. The van der Waals surface area contributed by atoms with Crippen LogP contribution in [-0.2, 0) is 14.9 Å². The number of rotatable bonds is 20. The second-order valence-corrected chi connectivity index (χ2v) is 9.64. The minimum Gasteiger partial charge on any atom is -0.748 e. The molecule has 0 unspecified atom stereocenters. The zero-order chi connectivity index (χ0) is 21.8. The fourth-order valence-corrected chi connectivity index (χ4v) is 3.85. The predicted octanol–water partition coefficient (Wildman–Crippen LogP) is 2.81. The molecule has 0 fully saturated rings. The van der Waals surface area contributed by atoms with Gasteiger partial charge in [0.05, 0.1) is 10.1 Å². The number of hydrogen-bond donors (Lipinski definition) is 0. The van der Waals surface area contributed by atoms with Gasteiger partial charge in [0.15, 0.2) is 0 Å². The van der Waals surface area contributed by atoms with Crippen LogP contribution in [0, 0.1) is 0 Å². The Morgan fingerprint density at radius 1 is 0.800 bits per heavy atom.